The van der Waals surface area contributed by atoms with Crippen molar-refractivity contribution in [3.63, 3.8) is 0 Å². The summed E-state index contributed by atoms with van der Waals surface area (Å²) in [6.45, 7) is 1.70. The van der Waals surface area contributed by atoms with Crippen LogP contribution in [0, 0.1) is 5.41 Å². The third-order valence-corrected chi connectivity index (χ3v) is 8.52. The summed E-state index contributed by atoms with van der Waals surface area (Å²) < 4.78 is 17.6. The molecular weight excluding hydrogens is 372 g/mol. The van der Waals surface area contributed by atoms with Gasteiger partial charge in [0, 0.05) is 26.6 Å². The third kappa shape index (κ3) is 1.58. The second kappa shape index (κ2) is 5.25. The van der Waals surface area contributed by atoms with Crippen LogP contribution in [0.2, 0.25) is 0 Å². The molecule has 6 rings (SSSR count). The van der Waals surface area contributed by atoms with E-state index in [-0.39, 0.29) is 24.2 Å². The molecule has 1 aliphatic carbocycles. The van der Waals surface area contributed by atoms with Crippen LogP contribution in [0.15, 0.2) is 12.1 Å². The molecule has 0 amide bonds. The highest BCUT2D eigenvalue weighted by atomic mass is 16.6. The topological polar surface area (TPSA) is 68.3 Å². The van der Waals surface area contributed by atoms with Crippen LogP contribution >= 0.6 is 0 Å². The Bertz CT molecular complexity index is 963. The maximum atomic E-state index is 13.7. The number of Topliss-reactive ketones (excluding diaryl/α,β-unsaturated/α-hetero) is 1. The summed E-state index contributed by atoms with van der Waals surface area (Å²) >= 11 is 0. The first kappa shape index (κ1) is 17.6. The van der Waals surface area contributed by atoms with Gasteiger partial charge in [-0.25, -0.2) is 0 Å². The fourth-order valence-electron chi connectivity index (χ4n) is 7.67. The molecule has 0 unspecified atom stereocenters. The van der Waals surface area contributed by atoms with Crippen LogP contribution in [0.3, 0.4) is 0 Å². The van der Waals surface area contributed by atoms with Gasteiger partial charge in [0.2, 0.25) is 0 Å². The minimum atomic E-state index is -0.881. The minimum Gasteiger partial charge on any atom is -0.493 e. The first-order valence-electron chi connectivity index (χ1n) is 10.5. The molecule has 4 atom stereocenters. The van der Waals surface area contributed by atoms with Crippen molar-refractivity contribution in [3.05, 3.63) is 17.7 Å². The van der Waals surface area contributed by atoms with Gasteiger partial charge in [-0.2, -0.15) is 0 Å². The number of hydrogen-bond donors (Lipinski definition) is 0. The number of nitrogens with zero attached hydrogens (tertiary/aromatic N) is 2. The van der Waals surface area contributed by atoms with Crippen LogP contribution < -0.4 is 14.4 Å². The lowest BCUT2D eigenvalue weighted by Crippen LogP contribution is -2.75. The highest BCUT2D eigenvalue weighted by molar-refractivity contribution is 5.97. The van der Waals surface area contributed by atoms with E-state index >= 15 is 0 Å². The van der Waals surface area contributed by atoms with E-state index in [0.717, 1.165) is 43.6 Å². The fourth-order valence-corrected chi connectivity index (χ4v) is 7.67. The van der Waals surface area contributed by atoms with Gasteiger partial charge in [0.05, 0.1) is 43.2 Å². The molecule has 1 aromatic carbocycles. The van der Waals surface area contributed by atoms with E-state index in [1.165, 1.54) is 0 Å². The van der Waals surface area contributed by atoms with E-state index < -0.39 is 16.6 Å². The van der Waals surface area contributed by atoms with E-state index in [1.807, 2.05) is 13.1 Å². The monoisotopic (exact) mass is 398 g/mol. The highest BCUT2D eigenvalue weighted by Gasteiger charge is 2.84. The molecule has 0 bridgehead atoms. The molecule has 7 heteroatoms. The van der Waals surface area contributed by atoms with Gasteiger partial charge in [0.1, 0.15) is 5.78 Å². The van der Waals surface area contributed by atoms with Crippen LogP contribution in [0.5, 0.6) is 11.5 Å². The maximum absolute atomic E-state index is 13.7. The molecule has 4 fully saturated rings. The molecule has 5 aliphatic rings. The average molecular weight is 398 g/mol. The lowest BCUT2D eigenvalue weighted by molar-refractivity contribution is -0.224. The van der Waals surface area contributed by atoms with Gasteiger partial charge in [-0.3, -0.25) is 14.5 Å². The SMILES string of the molecule is COc1ccc2c(c1OC)N(C)[C@@H]1CC(=O)[C@@]34CCCN5CC[C@@]21[C@]53OC(=O)C4. The van der Waals surface area contributed by atoms with Crippen LogP contribution in [-0.2, 0) is 19.7 Å². The Morgan fingerprint density at radius 2 is 1.97 bits per heavy atom. The molecule has 7 nitrogen and oxygen atoms in total. The molecule has 4 aliphatic heterocycles. The Morgan fingerprint density at radius 3 is 2.72 bits per heavy atom. The normalized spacial score (nSPS) is 39.6. The van der Waals surface area contributed by atoms with Crippen molar-refractivity contribution in [2.45, 2.75) is 49.3 Å². The van der Waals surface area contributed by atoms with Crippen molar-refractivity contribution in [3.8, 4) is 11.5 Å². The van der Waals surface area contributed by atoms with Crippen LogP contribution in [0.4, 0.5) is 5.69 Å². The largest absolute Gasteiger partial charge is 0.493 e. The zero-order valence-corrected chi connectivity index (χ0v) is 17.1. The average Bonchev–Trinajstić information content (AvgIpc) is 3.30. The minimum absolute atomic E-state index is 0.0619. The van der Waals surface area contributed by atoms with Crippen LogP contribution in [-0.4, -0.2) is 62.8 Å². The number of piperidine rings is 1. The molecule has 1 saturated carbocycles. The highest BCUT2D eigenvalue weighted by Crippen LogP contribution is 2.73. The Labute approximate surface area is 169 Å². The Kier molecular flexibility index (Phi) is 3.18. The first-order chi connectivity index (χ1) is 14.0. The number of methoxy groups -OCH3 is 2. The number of likely N-dealkylation sites (N-methyl/N-ethyl adjacent to an activating group) is 1. The number of anilines is 1. The predicted molar refractivity (Wildman–Crippen MR) is 104 cm³/mol. The van der Waals surface area contributed by atoms with Gasteiger partial charge in [-0.15, -0.1) is 0 Å². The van der Waals surface area contributed by atoms with Crippen LogP contribution in [0.1, 0.15) is 37.7 Å². The number of benzene rings is 1. The van der Waals surface area contributed by atoms with Gasteiger partial charge in [-0.05, 0) is 30.9 Å². The summed E-state index contributed by atoms with van der Waals surface area (Å²) in [7, 11) is 5.31. The second-order valence-corrected chi connectivity index (χ2v) is 9.14. The molecule has 154 valence electrons. The second-order valence-electron chi connectivity index (χ2n) is 9.14. The molecule has 0 N–H and O–H groups in total. The molecule has 0 radical (unpaired) electrons. The zero-order valence-electron chi connectivity index (χ0n) is 17.1. The standard InChI is InChI=1S/C22H26N2O5/c1-23-15-11-16(25)20-7-4-9-24-10-8-21(15,22(20,24)29-17(26)12-20)13-5-6-14(27-2)19(28-3)18(13)23/h5-6,15H,4,7-12H2,1-3H3/t15-,20+,21-,22+/m1/s1. The number of esters is 1. The van der Waals surface area contributed by atoms with Crippen molar-refractivity contribution in [2.24, 2.45) is 5.41 Å². The number of carbonyl (C=O) groups is 2. The fraction of sp³-hybridized carbons (Fsp3) is 0.636. The van der Waals surface area contributed by atoms with Gasteiger partial charge in [-0.1, -0.05) is 6.07 Å². The van der Waals surface area contributed by atoms with Crippen molar-refractivity contribution in [1.29, 1.82) is 0 Å². The summed E-state index contributed by atoms with van der Waals surface area (Å²) in [5, 5.41) is 0. The van der Waals surface area contributed by atoms with Gasteiger partial charge in [0.25, 0.3) is 0 Å². The van der Waals surface area contributed by atoms with Crippen LogP contribution in [0.25, 0.3) is 0 Å². The first-order valence-corrected chi connectivity index (χ1v) is 10.5. The Morgan fingerprint density at radius 1 is 1.14 bits per heavy atom. The molecule has 3 saturated heterocycles. The van der Waals surface area contributed by atoms with Crippen molar-refractivity contribution in [2.75, 3.05) is 39.3 Å². The predicted octanol–water partition coefficient (Wildman–Crippen LogP) is 1.86. The molecule has 2 spiro atoms. The Hall–Kier alpha value is -2.28. The summed E-state index contributed by atoms with van der Waals surface area (Å²) in [5.41, 5.74) is 0.0417. The van der Waals surface area contributed by atoms with Gasteiger partial charge < -0.3 is 19.1 Å². The van der Waals surface area contributed by atoms with Crippen molar-refractivity contribution >= 4 is 17.4 Å². The van der Waals surface area contributed by atoms with E-state index in [1.54, 1.807) is 14.2 Å². The summed E-state index contributed by atoms with van der Waals surface area (Å²) in [6.07, 6.45) is 3.17. The molecule has 0 aromatic heterocycles. The van der Waals surface area contributed by atoms with E-state index in [9.17, 15) is 9.59 Å². The van der Waals surface area contributed by atoms with E-state index in [0.29, 0.717) is 17.9 Å². The van der Waals surface area contributed by atoms with Gasteiger partial charge in [0.15, 0.2) is 17.2 Å². The smallest absolute Gasteiger partial charge is 0.308 e. The number of rotatable bonds is 2. The number of ketones is 1. The lowest BCUT2D eigenvalue weighted by atomic mass is 9.50. The van der Waals surface area contributed by atoms with E-state index in [2.05, 4.69) is 15.9 Å². The summed E-state index contributed by atoms with van der Waals surface area (Å²) in [5.74, 6) is 1.30. The zero-order chi connectivity index (χ0) is 20.2. The number of fused-ring (bicyclic) bond motifs is 1. The van der Waals surface area contributed by atoms with E-state index in [4.69, 9.17) is 14.2 Å². The quantitative estimate of drug-likeness (QED) is 0.705. The summed E-state index contributed by atoms with van der Waals surface area (Å²) in [6, 6.07) is 3.99. The molecule has 1 aromatic rings. The van der Waals surface area contributed by atoms with Crippen molar-refractivity contribution < 1.29 is 23.8 Å². The molecular formula is C22H26N2O5. The molecule has 29 heavy (non-hydrogen) atoms. The Balaban J connectivity index is 1.69. The number of carbonyl (C=O) groups excluding carboxylic acids is 2. The number of ether oxygens (including phenoxy) is 3. The maximum Gasteiger partial charge on any atom is 0.308 e. The number of hydrogen-bond acceptors (Lipinski definition) is 7. The summed E-state index contributed by atoms with van der Waals surface area (Å²) in [4.78, 5) is 30.9. The van der Waals surface area contributed by atoms with Crippen molar-refractivity contribution in [1.82, 2.24) is 4.90 Å². The molecule has 4 heterocycles. The third-order valence-electron chi connectivity index (χ3n) is 8.52. The lowest BCUT2D eigenvalue weighted by Gasteiger charge is -2.60. The van der Waals surface area contributed by atoms with Gasteiger partial charge >= 0.3 is 5.97 Å².